The molecule has 0 amide bonds. The van der Waals surface area contributed by atoms with Crippen LogP contribution in [-0.2, 0) is 6.61 Å². The first-order chi connectivity index (χ1) is 8.70. The summed E-state index contributed by atoms with van der Waals surface area (Å²) < 4.78 is 6.38. The second-order valence-electron chi connectivity index (χ2n) is 3.76. The smallest absolute Gasteiger partial charge is 0.138 e. The first kappa shape index (κ1) is 12.5. The zero-order chi connectivity index (χ0) is 13.0. The first-order valence-corrected chi connectivity index (χ1v) is 6.16. The van der Waals surface area contributed by atoms with E-state index in [1.165, 1.54) is 0 Å². The molecule has 2 N–H and O–H groups in total. The van der Waals surface area contributed by atoms with Crippen molar-refractivity contribution in [3.63, 3.8) is 0 Å². The summed E-state index contributed by atoms with van der Waals surface area (Å²) >= 11 is 3.32. The van der Waals surface area contributed by atoms with Crippen LogP contribution >= 0.6 is 15.9 Å². The molecule has 2 aromatic carbocycles. The van der Waals surface area contributed by atoms with Crippen LogP contribution in [0.3, 0.4) is 0 Å². The molecule has 0 aliphatic heterocycles. The van der Waals surface area contributed by atoms with Crippen molar-refractivity contribution in [2.45, 2.75) is 6.61 Å². The van der Waals surface area contributed by atoms with Crippen molar-refractivity contribution in [2.24, 2.45) is 0 Å². The molecule has 0 aliphatic carbocycles. The lowest BCUT2D eigenvalue weighted by Crippen LogP contribution is -1.98. The molecule has 2 aromatic rings. The third-order valence-electron chi connectivity index (χ3n) is 2.46. The minimum Gasteiger partial charge on any atom is -0.487 e. The molecule has 2 rings (SSSR count). The minimum absolute atomic E-state index is 0.408. The largest absolute Gasteiger partial charge is 0.487 e. The van der Waals surface area contributed by atoms with Crippen LogP contribution in [-0.4, -0.2) is 0 Å². The normalized spacial score (nSPS) is 9.78. The Balaban J connectivity index is 2.14. The van der Waals surface area contributed by atoms with E-state index in [1.807, 2.05) is 36.4 Å². The average Bonchev–Trinajstić information content (AvgIpc) is 2.38. The maximum Gasteiger partial charge on any atom is 0.138 e. The van der Waals surface area contributed by atoms with Crippen LogP contribution < -0.4 is 10.5 Å². The van der Waals surface area contributed by atoms with Crippen molar-refractivity contribution in [3.8, 4) is 11.8 Å². The van der Waals surface area contributed by atoms with Crippen LogP contribution in [0.4, 0.5) is 5.69 Å². The van der Waals surface area contributed by atoms with Crippen molar-refractivity contribution in [3.05, 3.63) is 58.1 Å². The number of nitrogen functional groups attached to an aromatic ring is 1. The quantitative estimate of drug-likeness (QED) is 0.883. The number of nitrogens with two attached hydrogens (primary N) is 1. The number of halogens is 1. The standard InChI is InChI=1S/C14H11BrN2O/c15-13-2-1-3-14(12(13)8-16)18-9-10-4-6-11(17)7-5-10/h1-7H,9,17H2. The van der Waals surface area contributed by atoms with Gasteiger partial charge in [0.1, 0.15) is 24.0 Å². The van der Waals surface area contributed by atoms with E-state index in [0.29, 0.717) is 17.9 Å². The van der Waals surface area contributed by atoms with Crippen LogP contribution in [0, 0.1) is 11.3 Å². The van der Waals surface area contributed by atoms with Gasteiger partial charge in [-0.3, -0.25) is 0 Å². The molecular formula is C14H11BrN2O. The average molecular weight is 303 g/mol. The van der Waals surface area contributed by atoms with Gasteiger partial charge in [-0.15, -0.1) is 0 Å². The predicted octanol–water partition coefficient (Wildman–Crippen LogP) is 3.48. The summed E-state index contributed by atoms with van der Waals surface area (Å²) in [7, 11) is 0. The molecule has 18 heavy (non-hydrogen) atoms. The molecular weight excluding hydrogens is 292 g/mol. The molecule has 3 nitrogen and oxygen atoms in total. The second-order valence-corrected chi connectivity index (χ2v) is 4.61. The fraction of sp³-hybridized carbons (Fsp3) is 0.0714. The lowest BCUT2D eigenvalue weighted by Gasteiger charge is -2.09. The van der Waals surface area contributed by atoms with Crippen LogP contribution in [0.2, 0.25) is 0 Å². The Morgan fingerprint density at radius 2 is 1.89 bits per heavy atom. The van der Waals surface area contributed by atoms with Crippen LogP contribution in [0.25, 0.3) is 0 Å². The molecule has 0 aliphatic rings. The monoisotopic (exact) mass is 302 g/mol. The maximum absolute atomic E-state index is 9.06. The number of hydrogen-bond acceptors (Lipinski definition) is 3. The van der Waals surface area contributed by atoms with Crippen molar-refractivity contribution >= 4 is 21.6 Å². The Kier molecular flexibility index (Phi) is 3.85. The lowest BCUT2D eigenvalue weighted by molar-refractivity contribution is 0.305. The van der Waals surface area contributed by atoms with E-state index in [2.05, 4.69) is 22.0 Å². The number of ether oxygens (including phenoxy) is 1. The van der Waals surface area contributed by atoms with Gasteiger partial charge in [0.15, 0.2) is 0 Å². The molecule has 0 radical (unpaired) electrons. The molecule has 0 saturated heterocycles. The fourth-order valence-electron chi connectivity index (χ4n) is 1.51. The van der Waals surface area contributed by atoms with Crippen molar-refractivity contribution in [2.75, 3.05) is 5.73 Å². The van der Waals surface area contributed by atoms with Crippen LogP contribution in [0.1, 0.15) is 11.1 Å². The van der Waals surface area contributed by atoms with Gasteiger partial charge in [-0.2, -0.15) is 5.26 Å². The Bertz CT molecular complexity index is 588. The third kappa shape index (κ3) is 2.82. The van der Waals surface area contributed by atoms with Crippen LogP contribution in [0.15, 0.2) is 46.9 Å². The van der Waals surface area contributed by atoms with Gasteiger partial charge >= 0.3 is 0 Å². The topological polar surface area (TPSA) is 59.0 Å². The Hall–Kier alpha value is -1.99. The molecule has 4 heteroatoms. The Morgan fingerprint density at radius 3 is 2.56 bits per heavy atom. The van der Waals surface area contributed by atoms with Gasteiger partial charge in [0.05, 0.1) is 0 Å². The number of nitrogens with zero attached hydrogens (tertiary/aromatic N) is 1. The van der Waals surface area contributed by atoms with Gasteiger partial charge in [0.2, 0.25) is 0 Å². The first-order valence-electron chi connectivity index (χ1n) is 5.36. The molecule has 0 atom stereocenters. The highest BCUT2D eigenvalue weighted by atomic mass is 79.9. The molecule has 0 bridgehead atoms. The fourth-order valence-corrected chi connectivity index (χ4v) is 1.94. The summed E-state index contributed by atoms with van der Waals surface area (Å²) in [5, 5.41) is 9.06. The summed E-state index contributed by atoms with van der Waals surface area (Å²) in [6, 6.07) is 15.0. The van der Waals surface area contributed by atoms with Crippen molar-refractivity contribution in [1.82, 2.24) is 0 Å². The predicted molar refractivity (Wildman–Crippen MR) is 74.0 cm³/mol. The third-order valence-corrected chi connectivity index (χ3v) is 3.12. The van der Waals surface area contributed by atoms with E-state index in [4.69, 9.17) is 15.7 Å². The molecule has 90 valence electrons. The van der Waals surface area contributed by atoms with Crippen molar-refractivity contribution in [1.29, 1.82) is 5.26 Å². The van der Waals surface area contributed by atoms with E-state index >= 15 is 0 Å². The summed E-state index contributed by atoms with van der Waals surface area (Å²) in [6.45, 7) is 0.408. The van der Waals surface area contributed by atoms with Gasteiger partial charge in [-0.1, -0.05) is 18.2 Å². The minimum atomic E-state index is 0.408. The summed E-state index contributed by atoms with van der Waals surface area (Å²) in [4.78, 5) is 0. The summed E-state index contributed by atoms with van der Waals surface area (Å²) in [5.41, 5.74) is 7.85. The van der Waals surface area contributed by atoms with Gasteiger partial charge < -0.3 is 10.5 Å². The zero-order valence-corrected chi connectivity index (χ0v) is 11.1. The second kappa shape index (κ2) is 5.56. The van der Waals surface area contributed by atoms with Gasteiger partial charge in [-0.25, -0.2) is 0 Å². The van der Waals surface area contributed by atoms with Gasteiger partial charge in [-0.05, 0) is 45.8 Å². The number of anilines is 1. The van der Waals surface area contributed by atoms with E-state index < -0.39 is 0 Å². The van der Waals surface area contributed by atoms with E-state index in [-0.39, 0.29) is 0 Å². The van der Waals surface area contributed by atoms with E-state index in [0.717, 1.165) is 15.7 Å². The molecule has 0 saturated carbocycles. The summed E-state index contributed by atoms with van der Waals surface area (Å²) in [6.07, 6.45) is 0. The van der Waals surface area contributed by atoms with Crippen LogP contribution in [0.5, 0.6) is 5.75 Å². The SMILES string of the molecule is N#Cc1c(Br)cccc1OCc1ccc(N)cc1. The van der Waals surface area contributed by atoms with E-state index in [9.17, 15) is 0 Å². The summed E-state index contributed by atoms with van der Waals surface area (Å²) in [5.74, 6) is 0.573. The maximum atomic E-state index is 9.06. The lowest BCUT2D eigenvalue weighted by atomic mass is 10.2. The highest BCUT2D eigenvalue weighted by molar-refractivity contribution is 9.10. The molecule has 0 heterocycles. The van der Waals surface area contributed by atoms with Gasteiger partial charge in [0, 0.05) is 10.2 Å². The number of nitriles is 1. The highest BCUT2D eigenvalue weighted by Gasteiger charge is 2.07. The molecule has 0 fully saturated rings. The Labute approximate surface area is 114 Å². The number of rotatable bonds is 3. The van der Waals surface area contributed by atoms with Gasteiger partial charge in [0.25, 0.3) is 0 Å². The Morgan fingerprint density at radius 1 is 1.17 bits per heavy atom. The van der Waals surface area contributed by atoms with E-state index in [1.54, 1.807) is 6.07 Å². The molecule has 0 unspecified atom stereocenters. The highest BCUT2D eigenvalue weighted by Crippen LogP contribution is 2.26. The molecule has 0 spiro atoms. The molecule has 0 aromatic heterocycles. The number of hydrogen-bond donors (Lipinski definition) is 1. The zero-order valence-electron chi connectivity index (χ0n) is 9.56. The number of benzene rings is 2. The van der Waals surface area contributed by atoms with Crippen molar-refractivity contribution < 1.29 is 4.74 Å².